The van der Waals surface area contributed by atoms with Crippen LogP contribution in [0.4, 0.5) is 0 Å². The molecule has 1 aliphatic heterocycles. The fourth-order valence-electron chi connectivity index (χ4n) is 2.17. The van der Waals surface area contributed by atoms with Crippen LogP contribution >= 0.6 is 39.7 Å². The summed E-state index contributed by atoms with van der Waals surface area (Å²) in [5, 5.41) is 5.39. The average Bonchev–Trinajstić information content (AvgIpc) is 2.77. The zero-order valence-corrected chi connectivity index (χ0v) is 15.0. The molecule has 20 heavy (non-hydrogen) atoms. The Kier molecular flexibility index (Phi) is 7.47. The second-order valence-electron chi connectivity index (χ2n) is 5.00. The predicted octanol–water partition coefficient (Wildman–Crippen LogP) is 2.18. The summed E-state index contributed by atoms with van der Waals surface area (Å²) in [4.78, 5) is 17.5. The number of hydrogen-bond acceptors (Lipinski definition) is 4. The number of likely N-dealkylation sites (N-methyl/N-ethyl adjacent to an activating group) is 1. The molecule has 1 saturated heterocycles. The molecule has 1 aromatic rings. The Morgan fingerprint density at radius 3 is 3.00 bits per heavy atom. The topological polar surface area (TPSA) is 35.6 Å². The first-order valence-electron chi connectivity index (χ1n) is 6.48. The molecule has 1 fully saturated rings. The summed E-state index contributed by atoms with van der Waals surface area (Å²) in [7, 11) is 1.88. The van der Waals surface area contributed by atoms with Crippen molar-refractivity contribution in [1.29, 1.82) is 0 Å². The van der Waals surface area contributed by atoms with E-state index in [4.69, 9.17) is 0 Å². The molecule has 2 heterocycles. The molecule has 0 aliphatic carbocycles. The van der Waals surface area contributed by atoms with E-state index in [1.807, 2.05) is 17.3 Å². The number of rotatable bonds is 4. The number of carbonyl (C=O) groups excluding carboxylic acids is 1. The lowest BCUT2D eigenvalue weighted by Gasteiger charge is -2.34. The highest BCUT2D eigenvalue weighted by molar-refractivity contribution is 9.10. The highest BCUT2D eigenvalue weighted by atomic mass is 79.9. The van der Waals surface area contributed by atoms with Gasteiger partial charge in [-0.05, 0) is 28.9 Å². The Morgan fingerprint density at radius 1 is 1.65 bits per heavy atom. The predicted molar refractivity (Wildman–Crippen MR) is 89.6 cm³/mol. The molecule has 0 unspecified atom stereocenters. The van der Waals surface area contributed by atoms with Gasteiger partial charge in [0, 0.05) is 47.5 Å². The fourth-order valence-corrected chi connectivity index (χ4v) is 3.67. The van der Waals surface area contributed by atoms with Crippen molar-refractivity contribution < 1.29 is 4.79 Å². The first-order valence-corrected chi connectivity index (χ1v) is 8.15. The van der Waals surface area contributed by atoms with Crippen molar-refractivity contribution in [2.24, 2.45) is 0 Å². The van der Waals surface area contributed by atoms with E-state index in [2.05, 4.69) is 39.1 Å². The second-order valence-corrected chi connectivity index (χ2v) is 6.92. The van der Waals surface area contributed by atoms with E-state index >= 15 is 0 Å². The van der Waals surface area contributed by atoms with Crippen LogP contribution in [0.2, 0.25) is 0 Å². The van der Waals surface area contributed by atoms with Crippen LogP contribution < -0.4 is 5.32 Å². The first kappa shape index (κ1) is 17.9. The largest absolute Gasteiger partial charge is 0.340 e. The SMILES string of the molecule is C[C@H]1CNCCN1CC(=O)N(C)Cc1cc(Br)cs1.Cl. The van der Waals surface area contributed by atoms with Crippen molar-refractivity contribution >= 4 is 45.6 Å². The Hall–Kier alpha value is -0.140. The van der Waals surface area contributed by atoms with Gasteiger partial charge in [-0.1, -0.05) is 0 Å². The molecule has 0 spiro atoms. The van der Waals surface area contributed by atoms with E-state index in [0.29, 0.717) is 19.1 Å². The van der Waals surface area contributed by atoms with Crippen molar-refractivity contribution in [1.82, 2.24) is 15.1 Å². The van der Waals surface area contributed by atoms with Crippen LogP contribution in [0, 0.1) is 0 Å². The Labute approximate surface area is 139 Å². The molecular formula is C13H21BrClN3OS. The number of piperazine rings is 1. The Bertz CT molecular complexity index is 443. The second kappa shape index (κ2) is 8.34. The van der Waals surface area contributed by atoms with Gasteiger partial charge in [0.2, 0.25) is 5.91 Å². The molecule has 1 N–H and O–H groups in total. The van der Waals surface area contributed by atoms with E-state index in [1.165, 1.54) is 4.88 Å². The van der Waals surface area contributed by atoms with E-state index in [1.54, 1.807) is 11.3 Å². The molecule has 114 valence electrons. The normalized spacial score (nSPS) is 19.4. The van der Waals surface area contributed by atoms with Gasteiger partial charge in [0.15, 0.2) is 0 Å². The molecule has 2 rings (SSSR count). The van der Waals surface area contributed by atoms with Crippen molar-refractivity contribution in [3.8, 4) is 0 Å². The third-order valence-electron chi connectivity index (χ3n) is 3.42. The summed E-state index contributed by atoms with van der Waals surface area (Å²) in [5.74, 6) is 0.193. The van der Waals surface area contributed by atoms with E-state index in [0.717, 1.165) is 24.1 Å². The third kappa shape index (κ3) is 5.00. The molecule has 1 aliphatic rings. The monoisotopic (exact) mass is 381 g/mol. The molecule has 4 nitrogen and oxygen atoms in total. The molecule has 7 heteroatoms. The van der Waals surface area contributed by atoms with Crippen LogP contribution in [0.25, 0.3) is 0 Å². The van der Waals surface area contributed by atoms with Crippen LogP contribution in [0.3, 0.4) is 0 Å². The number of nitrogens with one attached hydrogen (secondary N) is 1. The lowest BCUT2D eigenvalue weighted by Crippen LogP contribution is -2.52. The van der Waals surface area contributed by atoms with Crippen molar-refractivity contribution in [2.45, 2.75) is 19.5 Å². The number of carbonyl (C=O) groups is 1. The van der Waals surface area contributed by atoms with Gasteiger partial charge >= 0.3 is 0 Å². The summed E-state index contributed by atoms with van der Waals surface area (Å²) in [6.45, 7) is 6.26. The van der Waals surface area contributed by atoms with Gasteiger partial charge < -0.3 is 10.2 Å². The summed E-state index contributed by atoms with van der Waals surface area (Å²) in [6.07, 6.45) is 0. The average molecular weight is 383 g/mol. The molecule has 0 aromatic carbocycles. The lowest BCUT2D eigenvalue weighted by molar-refractivity contribution is -0.132. The van der Waals surface area contributed by atoms with Crippen molar-refractivity contribution in [3.05, 3.63) is 20.8 Å². The minimum absolute atomic E-state index is 0. The Morgan fingerprint density at radius 2 is 2.40 bits per heavy atom. The number of nitrogens with zero attached hydrogens (tertiary/aromatic N) is 2. The van der Waals surface area contributed by atoms with Crippen LogP contribution in [0.15, 0.2) is 15.9 Å². The van der Waals surface area contributed by atoms with E-state index < -0.39 is 0 Å². The van der Waals surface area contributed by atoms with Gasteiger partial charge in [-0.15, -0.1) is 23.7 Å². The molecule has 1 atom stereocenters. The molecule has 1 amide bonds. The quantitative estimate of drug-likeness (QED) is 0.867. The molecular weight excluding hydrogens is 362 g/mol. The zero-order chi connectivity index (χ0) is 13.8. The minimum atomic E-state index is 0. The summed E-state index contributed by atoms with van der Waals surface area (Å²) >= 11 is 5.12. The summed E-state index contributed by atoms with van der Waals surface area (Å²) in [5.41, 5.74) is 0. The lowest BCUT2D eigenvalue weighted by atomic mass is 10.2. The summed E-state index contributed by atoms with van der Waals surface area (Å²) in [6, 6.07) is 2.50. The van der Waals surface area contributed by atoms with Crippen LogP contribution in [-0.4, -0.2) is 55.0 Å². The number of amides is 1. The maximum atomic E-state index is 12.2. The van der Waals surface area contributed by atoms with Crippen molar-refractivity contribution in [3.63, 3.8) is 0 Å². The molecule has 0 radical (unpaired) electrons. The van der Waals surface area contributed by atoms with Crippen LogP contribution in [0.1, 0.15) is 11.8 Å². The first-order chi connectivity index (χ1) is 9.06. The van der Waals surface area contributed by atoms with Gasteiger partial charge in [-0.25, -0.2) is 0 Å². The van der Waals surface area contributed by atoms with Crippen LogP contribution in [0.5, 0.6) is 0 Å². The maximum absolute atomic E-state index is 12.2. The standard InChI is InChI=1S/C13H20BrN3OS.ClH/c1-10-6-15-3-4-17(10)8-13(18)16(2)7-12-5-11(14)9-19-12;/h5,9-10,15H,3-4,6-8H2,1-2H3;1H/t10-;/m0./s1. The van der Waals surface area contributed by atoms with Gasteiger partial charge in [-0.3, -0.25) is 9.69 Å². The van der Waals surface area contributed by atoms with Gasteiger partial charge in [0.1, 0.15) is 0 Å². The smallest absolute Gasteiger partial charge is 0.236 e. The molecule has 0 bridgehead atoms. The van der Waals surface area contributed by atoms with Gasteiger partial charge in [0.05, 0.1) is 13.1 Å². The van der Waals surface area contributed by atoms with E-state index in [9.17, 15) is 4.79 Å². The number of hydrogen-bond donors (Lipinski definition) is 1. The number of halogens is 2. The number of thiophene rings is 1. The highest BCUT2D eigenvalue weighted by Gasteiger charge is 2.21. The van der Waals surface area contributed by atoms with Crippen LogP contribution in [-0.2, 0) is 11.3 Å². The van der Waals surface area contributed by atoms with E-state index in [-0.39, 0.29) is 18.3 Å². The Balaban J connectivity index is 0.00000200. The molecule has 0 saturated carbocycles. The van der Waals surface area contributed by atoms with Crippen molar-refractivity contribution in [2.75, 3.05) is 33.2 Å². The fraction of sp³-hybridized carbons (Fsp3) is 0.615. The molecule has 1 aromatic heterocycles. The zero-order valence-electron chi connectivity index (χ0n) is 11.8. The minimum Gasteiger partial charge on any atom is -0.340 e. The van der Waals surface area contributed by atoms with Gasteiger partial charge in [0.25, 0.3) is 0 Å². The third-order valence-corrected chi connectivity index (χ3v) is 5.10. The summed E-state index contributed by atoms with van der Waals surface area (Å²) < 4.78 is 1.09. The maximum Gasteiger partial charge on any atom is 0.236 e. The highest BCUT2D eigenvalue weighted by Crippen LogP contribution is 2.20. The van der Waals surface area contributed by atoms with Gasteiger partial charge in [-0.2, -0.15) is 0 Å².